The number of thiophene rings is 1. The second kappa shape index (κ2) is 9.88. The first-order valence-electron chi connectivity index (χ1n) is 11.5. The highest BCUT2D eigenvalue weighted by atomic mass is 35.5. The smallest absolute Gasteiger partial charge is 0.262 e. The molecule has 0 saturated heterocycles. The van der Waals surface area contributed by atoms with Crippen LogP contribution in [0.5, 0.6) is 0 Å². The highest BCUT2D eigenvalue weighted by molar-refractivity contribution is 7.20. The number of rotatable bonds is 5. The van der Waals surface area contributed by atoms with Crippen LogP contribution in [-0.2, 0) is 11.3 Å². The third kappa shape index (κ3) is 4.88. The van der Waals surface area contributed by atoms with Gasteiger partial charge in [-0.3, -0.25) is 19.0 Å². The van der Waals surface area contributed by atoms with Gasteiger partial charge >= 0.3 is 0 Å². The van der Waals surface area contributed by atoms with Crippen LogP contribution in [0, 0.1) is 25.7 Å². The summed E-state index contributed by atoms with van der Waals surface area (Å²) in [6.07, 6.45) is 4.61. The molecule has 1 fully saturated rings. The van der Waals surface area contributed by atoms with Crippen LogP contribution in [0.2, 0.25) is 5.02 Å². The van der Waals surface area contributed by atoms with Crippen molar-refractivity contribution in [2.45, 2.75) is 59.5 Å². The number of fused-ring (bicyclic) bond motifs is 1. The van der Waals surface area contributed by atoms with Crippen molar-refractivity contribution in [3.63, 3.8) is 0 Å². The van der Waals surface area contributed by atoms with Crippen LogP contribution in [0.15, 0.2) is 29.3 Å². The topological polar surface area (TPSA) is 93.1 Å². The van der Waals surface area contributed by atoms with E-state index in [1.807, 2.05) is 13.0 Å². The number of nitrogens with zero attached hydrogens (tertiary/aromatic N) is 2. The monoisotopic (exact) mass is 500 g/mol. The zero-order chi connectivity index (χ0) is 24.6. The molecule has 3 aromatic rings. The van der Waals surface area contributed by atoms with Crippen LogP contribution in [0.4, 0.5) is 5.69 Å². The molecule has 34 heavy (non-hydrogen) atoms. The highest BCUT2D eigenvalue weighted by Crippen LogP contribution is 2.31. The van der Waals surface area contributed by atoms with E-state index in [0.29, 0.717) is 43.2 Å². The zero-order valence-electron chi connectivity index (χ0n) is 19.8. The molecule has 180 valence electrons. The second-order valence-electron chi connectivity index (χ2n) is 9.27. The van der Waals surface area contributed by atoms with Gasteiger partial charge in [-0.25, -0.2) is 4.98 Å². The number of amides is 2. The molecule has 1 aliphatic carbocycles. The van der Waals surface area contributed by atoms with Gasteiger partial charge in [-0.15, -0.1) is 11.3 Å². The molecule has 2 heterocycles. The number of hydrogen-bond donors (Lipinski definition) is 2. The lowest BCUT2D eigenvalue weighted by atomic mass is 9.78. The van der Waals surface area contributed by atoms with Gasteiger partial charge in [0.05, 0.1) is 16.6 Å². The van der Waals surface area contributed by atoms with Crippen LogP contribution in [0.3, 0.4) is 0 Å². The van der Waals surface area contributed by atoms with E-state index in [-0.39, 0.29) is 30.0 Å². The fourth-order valence-corrected chi connectivity index (χ4v) is 5.76. The van der Waals surface area contributed by atoms with E-state index in [0.717, 1.165) is 18.4 Å². The molecule has 1 aliphatic rings. The van der Waals surface area contributed by atoms with Crippen LogP contribution >= 0.6 is 22.9 Å². The first-order chi connectivity index (χ1) is 16.2. The third-order valence-corrected chi connectivity index (χ3v) is 8.52. The molecule has 2 aromatic heterocycles. The molecular formula is C25H29ClN4O3S. The minimum atomic E-state index is -0.366. The molecule has 1 saturated carbocycles. The number of anilines is 1. The van der Waals surface area contributed by atoms with Crippen molar-refractivity contribution < 1.29 is 9.59 Å². The Morgan fingerprint density at radius 3 is 2.74 bits per heavy atom. The normalized spacial score (nSPS) is 20.3. The average Bonchev–Trinajstić information content (AvgIpc) is 3.13. The Morgan fingerprint density at radius 2 is 2.00 bits per heavy atom. The number of halogens is 1. The Labute approximate surface area is 207 Å². The molecule has 0 aliphatic heterocycles. The number of hydrogen-bond acceptors (Lipinski definition) is 5. The standard InChI is InChI=1S/C25H29ClN4O3S/c1-13-6-5-7-19(15(13)3)29-23(32)22-16(4)21-24(34-22)27-12-30(25(21)33)11-20(31)28-17-9-8-14(2)18(26)10-17/h8-10,12-13,15,19H,5-7,11H2,1-4H3,(H,28,31)(H,29,32)/t13-,15-,19-/m1/s1. The second-order valence-corrected chi connectivity index (χ2v) is 10.7. The maximum atomic E-state index is 13.2. The summed E-state index contributed by atoms with van der Waals surface area (Å²) in [4.78, 5) is 44.1. The minimum absolute atomic E-state index is 0.129. The van der Waals surface area contributed by atoms with E-state index in [1.165, 1.54) is 28.7 Å². The largest absolute Gasteiger partial charge is 0.348 e. The number of nitrogens with one attached hydrogen (secondary N) is 2. The van der Waals surface area contributed by atoms with E-state index in [4.69, 9.17) is 11.6 Å². The Bertz CT molecular complexity index is 1320. The fourth-order valence-electron chi connectivity index (χ4n) is 4.53. The molecule has 2 N–H and O–H groups in total. The number of carbonyl (C=O) groups is 2. The van der Waals surface area contributed by atoms with Crippen molar-refractivity contribution in [1.29, 1.82) is 0 Å². The van der Waals surface area contributed by atoms with Crippen molar-refractivity contribution in [2.75, 3.05) is 5.32 Å². The highest BCUT2D eigenvalue weighted by Gasteiger charge is 2.29. The van der Waals surface area contributed by atoms with Crippen molar-refractivity contribution in [2.24, 2.45) is 11.8 Å². The van der Waals surface area contributed by atoms with Gasteiger partial charge in [-0.05, 0) is 55.4 Å². The number of benzene rings is 1. The predicted molar refractivity (Wildman–Crippen MR) is 137 cm³/mol. The molecule has 9 heteroatoms. The molecular weight excluding hydrogens is 472 g/mol. The molecule has 0 unspecified atom stereocenters. The quantitative estimate of drug-likeness (QED) is 0.520. The summed E-state index contributed by atoms with van der Waals surface area (Å²) in [5.41, 5.74) is 1.73. The van der Waals surface area contributed by atoms with Gasteiger partial charge < -0.3 is 10.6 Å². The molecule has 2 amide bonds. The van der Waals surface area contributed by atoms with Gasteiger partial charge in [0, 0.05) is 16.8 Å². The van der Waals surface area contributed by atoms with E-state index < -0.39 is 0 Å². The van der Waals surface area contributed by atoms with E-state index in [9.17, 15) is 14.4 Å². The first kappa shape index (κ1) is 24.4. The Balaban J connectivity index is 1.53. The lowest BCUT2D eigenvalue weighted by Crippen LogP contribution is -2.43. The summed E-state index contributed by atoms with van der Waals surface area (Å²) in [5, 5.41) is 6.87. The van der Waals surface area contributed by atoms with Crippen molar-refractivity contribution in [1.82, 2.24) is 14.9 Å². The number of carbonyl (C=O) groups excluding carboxylic acids is 2. The predicted octanol–water partition coefficient (Wildman–Crippen LogP) is 4.92. The van der Waals surface area contributed by atoms with Gasteiger partial charge in [0.1, 0.15) is 11.4 Å². The zero-order valence-corrected chi connectivity index (χ0v) is 21.3. The lowest BCUT2D eigenvalue weighted by Gasteiger charge is -2.34. The maximum Gasteiger partial charge on any atom is 0.262 e. The van der Waals surface area contributed by atoms with Gasteiger partial charge in [-0.2, -0.15) is 0 Å². The molecule has 0 bridgehead atoms. The number of aromatic nitrogens is 2. The van der Waals surface area contributed by atoms with Gasteiger partial charge in [0.25, 0.3) is 11.5 Å². The van der Waals surface area contributed by atoms with Gasteiger partial charge in [0.15, 0.2) is 0 Å². The molecule has 7 nitrogen and oxygen atoms in total. The average molecular weight is 501 g/mol. The van der Waals surface area contributed by atoms with Crippen molar-refractivity contribution in [3.05, 3.63) is 55.9 Å². The Kier molecular flexibility index (Phi) is 7.09. The summed E-state index contributed by atoms with van der Waals surface area (Å²) in [7, 11) is 0. The van der Waals surface area contributed by atoms with Crippen molar-refractivity contribution >= 4 is 50.7 Å². The van der Waals surface area contributed by atoms with Crippen LogP contribution in [0.1, 0.15) is 53.9 Å². The Hall–Kier alpha value is -2.71. The Morgan fingerprint density at radius 1 is 1.24 bits per heavy atom. The summed E-state index contributed by atoms with van der Waals surface area (Å²) in [5.74, 6) is 0.448. The van der Waals surface area contributed by atoms with E-state index in [2.05, 4.69) is 29.5 Å². The first-order valence-corrected chi connectivity index (χ1v) is 12.7. The summed E-state index contributed by atoms with van der Waals surface area (Å²) >= 11 is 7.34. The van der Waals surface area contributed by atoms with Crippen LogP contribution in [-0.4, -0.2) is 27.4 Å². The van der Waals surface area contributed by atoms with Crippen LogP contribution < -0.4 is 16.2 Å². The maximum absolute atomic E-state index is 13.2. The van der Waals surface area contributed by atoms with Crippen LogP contribution in [0.25, 0.3) is 10.2 Å². The van der Waals surface area contributed by atoms with E-state index in [1.54, 1.807) is 19.1 Å². The lowest BCUT2D eigenvalue weighted by molar-refractivity contribution is -0.116. The van der Waals surface area contributed by atoms with Gasteiger partial charge in [0.2, 0.25) is 5.91 Å². The summed E-state index contributed by atoms with van der Waals surface area (Å²) in [6.45, 7) is 7.86. The molecule has 0 radical (unpaired) electrons. The SMILES string of the molecule is Cc1ccc(NC(=O)Cn2cnc3sc(C(=O)N[C@@H]4CCC[C@@H](C)[C@H]4C)c(C)c3c2=O)cc1Cl. The van der Waals surface area contributed by atoms with E-state index >= 15 is 0 Å². The molecule has 3 atom stereocenters. The molecule has 1 aromatic carbocycles. The number of aryl methyl sites for hydroxylation is 2. The molecule has 4 rings (SSSR count). The summed E-state index contributed by atoms with van der Waals surface area (Å²) in [6, 6.07) is 5.36. The fraction of sp³-hybridized carbons (Fsp3) is 0.440. The van der Waals surface area contributed by atoms with Gasteiger partial charge in [-0.1, -0.05) is 44.4 Å². The summed E-state index contributed by atoms with van der Waals surface area (Å²) < 4.78 is 1.26. The molecule has 0 spiro atoms. The third-order valence-electron chi connectivity index (χ3n) is 6.92. The van der Waals surface area contributed by atoms with Crippen molar-refractivity contribution in [3.8, 4) is 0 Å². The minimum Gasteiger partial charge on any atom is -0.348 e.